The predicted molar refractivity (Wildman–Crippen MR) is 66.5 cm³/mol. The Bertz CT molecular complexity index is 231. The van der Waals surface area contributed by atoms with Crippen LogP contribution in [0.2, 0.25) is 0 Å². The number of hydrogen-bond acceptors (Lipinski definition) is 1. The molecule has 0 bridgehead atoms. The van der Waals surface area contributed by atoms with Crippen LogP contribution in [0.25, 0.3) is 0 Å². The predicted octanol–water partition coefficient (Wildman–Crippen LogP) is 4.30. The SMILES string of the molecule is O=C(O)CCCCCCCCC1=CCCC1. The zero-order valence-corrected chi connectivity index (χ0v) is 10.2. The van der Waals surface area contributed by atoms with Gasteiger partial charge in [-0.15, -0.1) is 0 Å². The minimum absolute atomic E-state index is 0.340. The standard InChI is InChI=1S/C14H24O2/c15-14(16)12-6-4-2-1-3-5-9-13-10-7-8-11-13/h10H,1-9,11-12H2,(H,15,16). The third-order valence-corrected chi connectivity index (χ3v) is 3.27. The first kappa shape index (κ1) is 13.3. The van der Waals surface area contributed by atoms with Crippen molar-refractivity contribution >= 4 is 5.97 Å². The van der Waals surface area contributed by atoms with E-state index in [1.807, 2.05) is 0 Å². The summed E-state index contributed by atoms with van der Waals surface area (Å²) in [5, 5.41) is 8.47. The molecule has 2 nitrogen and oxygen atoms in total. The van der Waals surface area contributed by atoms with Gasteiger partial charge in [0.1, 0.15) is 0 Å². The lowest BCUT2D eigenvalue weighted by molar-refractivity contribution is -0.137. The van der Waals surface area contributed by atoms with Crippen LogP contribution in [0, 0.1) is 0 Å². The summed E-state index contributed by atoms with van der Waals surface area (Å²) in [6.45, 7) is 0. The highest BCUT2D eigenvalue weighted by Crippen LogP contribution is 2.23. The molecule has 0 aromatic carbocycles. The summed E-state index contributed by atoms with van der Waals surface area (Å²) in [7, 11) is 0. The molecule has 0 aliphatic heterocycles. The fourth-order valence-corrected chi connectivity index (χ4v) is 2.30. The molecule has 0 saturated heterocycles. The summed E-state index contributed by atoms with van der Waals surface area (Å²) in [5.41, 5.74) is 1.67. The minimum Gasteiger partial charge on any atom is -0.481 e. The highest BCUT2D eigenvalue weighted by molar-refractivity contribution is 5.66. The van der Waals surface area contributed by atoms with Crippen LogP contribution in [0.15, 0.2) is 11.6 Å². The van der Waals surface area contributed by atoms with Gasteiger partial charge in [0.15, 0.2) is 0 Å². The van der Waals surface area contributed by atoms with Gasteiger partial charge in [-0.05, 0) is 38.5 Å². The van der Waals surface area contributed by atoms with Gasteiger partial charge in [-0.1, -0.05) is 37.3 Å². The first-order chi connectivity index (χ1) is 7.79. The van der Waals surface area contributed by atoms with Gasteiger partial charge in [0.2, 0.25) is 0 Å². The highest BCUT2D eigenvalue weighted by Gasteiger charge is 2.03. The van der Waals surface area contributed by atoms with Gasteiger partial charge in [-0.3, -0.25) is 4.79 Å². The van der Waals surface area contributed by atoms with Crippen molar-refractivity contribution in [3.05, 3.63) is 11.6 Å². The number of carboxylic acid groups (broad SMARTS) is 1. The topological polar surface area (TPSA) is 37.3 Å². The lowest BCUT2D eigenvalue weighted by Gasteiger charge is -2.02. The second kappa shape index (κ2) is 8.37. The summed E-state index contributed by atoms with van der Waals surface area (Å²) < 4.78 is 0. The molecule has 1 N–H and O–H groups in total. The number of carbonyl (C=O) groups is 1. The average Bonchev–Trinajstić information content (AvgIpc) is 2.74. The Hall–Kier alpha value is -0.790. The van der Waals surface area contributed by atoms with E-state index in [-0.39, 0.29) is 0 Å². The molecule has 0 fully saturated rings. The van der Waals surface area contributed by atoms with Gasteiger partial charge in [-0.2, -0.15) is 0 Å². The van der Waals surface area contributed by atoms with Gasteiger partial charge in [0.25, 0.3) is 0 Å². The smallest absolute Gasteiger partial charge is 0.303 e. The zero-order chi connectivity index (χ0) is 11.6. The van der Waals surface area contributed by atoms with Crippen molar-refractivity contribution in [2.45, 2.75) is 70.6 Å². The molecule has 1 aliphatic rings. The van der Waals surface area contributed by atoms with E-state index in [9.17, 15) is 4.79 Å². The highest BCUT2D eigenvalue weighted by atomic mass is 16.4. The van der Waals surface area contributed by atoms with E-state index in [2.05, 4.69) is 6.08 Å². The van der Waals surface area contributed by atoms with Crippen LogP contribution < -0.4 is 0 Å². The van der Waals surface area contributed by atoms with E-state index in [4.69, 9.17) is 5.11 Å². The van der Waals surface area contributed by atoms with Crippen molar-refractivity contribution in [3.8, 4) is 0 Å². The van der Waals surface area contributed by atoms with Crippen molar-refractivity contribution in [1.82, 2.24) is 0 Å². The number of allylic oxidation sites excluding steroid dienone is 2. The quantitative estimate of drug-likeness (QED) is 0.468. The third-order valence-electron chi connectivity index (χ3n) is 3.27. The molecule has 0 heterocycles. The van der Waals surface area contributed by atoms with E-state index in [0.717, 1.165) is 12.8 Å². The number of aliphatic carboxylic acids is 1. The molecule has 0 saturated carbocycles. The fraction of sp³-hybridized carbons (Fsp3) is 0.786. The van der Waals surface area contributed by atoms with Crippen molar-refractivity contribution < 1.29 is 9.90 Å². The molecule has 92 valence electrons. The zero-order valence-electron chi connectivity index (χ0n) is 10.2. The molecule has 0 unspecified atom stereocenters. The van der Waals surface area contributed by atoms with Crippen LogP contribution in [0.3, 0.4) is 0 Å². The molecule has 0 radical (unpaired) electrons. The van der Waals surface area contributed by atoms with Crippen LogP contribution in [-0.2, 0) is 4.79 Å². The summed E-state index contributed by atoms with van der Waals surface area (Å²) >= 11 is 0. The molecule has 0 spiro atoms. The molecular weight excluding hydrogens is 200 g/mol. The Labute approximate surface area is 98.7 Å². The molecule has 1 aliphatic carbocycles. The van der Waals surface area contributed by atoms with Crippen molar-refractivity contribution in [2.24, 2.45) is 0 Å². The van der Waals surface area contributed by atoms with E-state index in [1.54, 1.807) is 5.57 Å². The summed E-state index contributed by atoms with van der Waals surface area (Å²) in [6, 6.07) is 0. The second-order valence-corrected chi connectivity index (χ2v) is 4.77. The Morgan fingerprint density at radius 2 is 1.81 bits per heavy atom. The molecular formula is C14H24O2. The number of unbranched alkanes of at least 4 members (excludes halogenated alkanes) is 5. The maximum absolute atomic E-state index is 10.3. The van der Waals surface area contributed by atoms with Gasteiger partial charge < -0.3 is 5.11 Å². The van der Waals surface area contributed by atoms with Crippen molar-refractivity contribution in [1.29, 1.82) is 0 Å². The lowest BCUT2D eigenvalue weighted by Crippen LogP contribution is -1.93. The second-order valence-electron chi connectivity index (χ2n) is 4.77. The van der Waals surface area contributed by atoms with Crippen LogP contribution in [0.5, 0.6) is 0 Å². The maximum Gasteiger partial charge on any atom is 0.303 e. The fourth-order valence-electron chi connectivity index (χ4n) is 2.30. The molecule has 1 rings (SSSR count). The first-order valence-corrected chi connectivity index (χ1v) is 6.69. The monoisotopic (exact) mass is 224 g/mol. The van der Waals surface area contributed by atoms with E-state index in [0.29, 0.717) is 6.42 Å². The van der Waals surface area contributed by atoms with Gasteiger partial charge >= 0.3 is 5.97 Å². The Kier molecular flexibility index (Phi) is 6.95. The van der Waals surface area contributed by atoms with E-state index < -0.39 is 5.97 Å². The normalized spacial score (nSPS) is 15.1. The summed E-state index contributed by atoms with van der Waals surface area (Å²) in [5.74, 6) is -0.659. The number of rotatable bonds is 9. The van der Waals surface area contributed by atoms with Crippen LogP contribution >= 0.6 is 0 Å². The largest absolute Gasteiger partial charge is 0.481 e. The lowest BCUT2D eigenvalue weighted by atomic mass is 10.0. The van der Waals surface area contributed by atoms with Crippen LogP contribution in [-0.4, -0.2) is 11.1 Å². The Balaban J connectivity index is 1.79. The van der Waals surface area contributed by atoms with Gasteiger partial charge in [-0.25, -0.2) is 0 Å². The van der Waals surface area contributed by atoms with E-state index in [1.165, 1.54) is 51.4 Å². The average molecular weight is 224 g/mol. The number of carboxylic acids is 1. The Morgan fingerprint density at radius 3 is 2.44 bits per heavy atom. The first-order valence-electron chi connectivity index (χ1n) is 6.69. The van der Waals surface area contributed by atoms with E-state index >= 15 is 0 Å². The van der Waals surface area contributed by atoms with Gasteiger partial charge in [0, 0.05) is 6.42 Å². The Morgan fingerprint density at radius 1 is 1.12 bits per heavy atom. The van der Waals surface area contributed by atoms with Crippen LogP contribution in [0.1, 0.15) is 70.6 Å². The summed E-state index contributed by atoms with van der Waals surface area (Å²) in [6.07, 6.45) is 15.1. The van der Waals surface area contributed by atoms with Crippen molar-refractivity contribution in [3.63, 3.8) is 0 Å². The molecule has 0 amide bonds. The molecule has 0 atom stereocenters. The minimum atomic E-state index is -0.659. The van der Waals surface area contributed by atoms with Crippen molar-refractivity contribution in [2.75, 3.05) is 0 Å². The van der Waals surface area contributed by atoms with Gasteiger partial charge in [0.05, 0.1) is 0 Å². The molecule has 16 heavy (non-hydrogen) atoms. The molecule has 2 heteroatoms. The molecule has 0 aromatic heterocycles. The summed E-state index contributed by atoms with van der Waals surface area (Å²) in [4.78, 5) is 10.3. The van der Waals surface area contributed by atoms with Crippen LogP contribution in [0.4, 0.5) is 0 Å². The third kappa shape index (κ3) is 6.65. The molecule has 0 aromatic rings. The number of hydrogen-bond donors (Lipinski definition) is 1. The maximum atomic E-state index is 10.3.